The van der Waals surface area contributed by atoms with E-state index in [0.29, 0.717) is 5.82 Å². The largest absolute Gasteiger partial charge is 0.308 e. The van der Waals surface area contributed by atoms with Crippen molar-refractivity contribution in [3.8, 4) is 0 Å². The third kappa shape index (κ3) is 3.75. The topological polar surface area (TPSA) is 101 Å². The second kappa shape index (κ2) is 6.61. The highest BCUT2D eigenvalue weighted by atomic mass is 16.2. The lowest BCUT2D eigenvalue weighted by atomic mass is 10.1. The molecule has 1 aromatic carbocycles. The van der Waals surface area contributed by atoms with Gasteiger partial charge in [-0.05, 0) is 28.8 Å². The van der Waals surface area contributed by atoms with Gasteiger partial charge in [0.05, 0.1) is 0 Å². The van der Waals surface area contributed by atoms with E-state index >= 15 is 0 Å². The van der Waals surface area contributed by atoms with Crippen LogP contribution in [0.3, 0.4) is 0 Å². The third-order valence-corrected chi connectivity index (χ3v) is 3.12. The van der Waals surface area contributed by atoms with E-state index in [9.17, 15) is 4.79 Å². The first-order valence-electron chi connectivity index (χ1n) is 6.88. The molecule has 2 N–H and O–H groups in total. The predicted octanol–water partition coefficient (Wildman–Crippen LogP) is 0.820. The number of H-pyrrole nitrogens is 1. The number of hydrogen-bond acceptors (Lipinski definition) is 5. The summed E-state index contributed by atoms with van der Waals surface area (Å²) >= 11 is 0. The number of tetrazole rings is 1. The van der Waals surface area contributed by atoms with Gasteiger partial charge in [0.25, 0.3) is 0 Å². The average Bonchev–Trinajstić information content (AvgIpc) is 3.18. The van der Waals surface area contributed by atoms with Crippen molar-refractivity contribution in [2.45, 2.75) is 19.4 Å². The van der Waals surface area contributed by atoms with Gasteiger partial charge in [0.2, 0.25) is 5.91 Å². The van der Waals surface area contributed by atoms with E-state index in [1.165, 1.54) is 16.6 Å². The van der Waals surface area contributed by atoms with Crippen LogP contribution in [0.4, 0.5) is 5.82 Å². The van der Waals surface area contributed by atoms with Crippen LogP contribution in [0.5, 0.6) is 0 Å². The number of benzene rings is 1. The van der Waals surface area contributed by atoms with Crippen LogP contribution in [0.15, 0.2) is 42.7 Å². The Labute approximate surface area is 126 Å². The summed E-state index contributed by atoms with van der Waals surface area (Å²) < 4.78 is 1.35. The van der Waals surface area contributed by atoms with Crippen molar-refractivity contribution >= 4 is 11.7 Å². The summed E-state index contributed by atoms with van der Waals surface area (Å²) in [4.78, 5) is 11.8. The SMILES string of the molecule is O=C(Cn1cnnn1)Nc1cc(CCc2ccccc2)[nH]n1. The molecule has 2 aromatic heterocycles. The Hall–Kier alpha value is -3.03. The molecule has 3 rings (SSSR count). The molecule has 0 fully saturated rings. The first-order chi connectivity index (χ1) is 10.8. The summed E-state index contributed by atoms with van der Waals surface area (Å²) in [7, 11) is 0. The molecule has 0 aliphatic carbocycles. The molecule has 0 aliphatic rings. The molecular formula is C14H15N7O. The third-order valence-electron chi connectivity index (χ3n) is 3.12. The van der Waals surface area contributed by atoms with Gasteiger partial charge in [-0.1, -0.05) is 30.3 Å². The maximum atomic E-state index is 11.8. The van der Waals surface area contributed by atoms with Crippen molar-refractivity contribution in [1.82, 2.24) is 30.4 Å². The van der Waals surface area contributed by atoms with E-state index in [-0.39, 0.29) is 12.5 Å². The molecule has 0 spiro atoms. The van der Waals surface area contributed by atoms with Gasteiger partial charge in [0.1, 0.15) is 12.9 Å². The van der Waals surface area contributed by atoms with Crippen LogP contribution in [-0.2, 0) is 24.2 Å². The molecule has 22 heavy (non-hydrogen) atoms. The molecule has 0 unspecified atom stereocenters. The number of carbonyl (C=O) groups is 1. The number of amides is 1. The fourth-order valence-electron chi connectivity index (χ4n) is 2.06. The molecule has 0 radical (unpaired) electrons. The van der Waals surface area contributed by atoms with Gasteiger partial charge in [0, 0.05) is 11.8 Å². The zero-order valence-corrected chi connectivity index (χ0v) is 11.8. The number of aromatic amines is 1. The predicted molar refractivity (Wildman–Crippen MR) is 78.9 cm³/mol. The van der Waals surface area contributed by atoms with Gasteiger partial charge in [0.15, 0.2) is 5.82 Å². The van der Waals surface area contributed by atoms with Crippen LogP contribution in [0, 0.1) is 0 Å². The first-order valence-corrected chi connectivity index (χ1v) is 6.88. The second-order valence-electron chi connectivity index (χ2n) is 4.82. The minimum Gasteiger partial charge on any atom is -0.308 e. The number of hydrogen-bond donors (Lipinski definition) is 2. The Morgan fingerprint density at radius 1 is 1.23 bits per heavy atom. The normalized spacial score (nSPS) is 10.5. The molecule has 8 nitrogen and oxygen atoms in total. The minimum atomic E-state index is -0.228. The first kappa shape index (κ1) is 13.9. The summed E-state index contributed by atoms with van der Waals surface area (Å²) in [5, 5.41) is 20.3. The van der Waals surface area contributed by atoms with E-state index < -0.39 is 0 Å². The van der Waals surface area contributed by atoms with Gasteiger partial charge in [-0.2, -0.15) is 5.10 Å². The molecule has 2 heterocycles. The Balaban J connectivity index is 1.51. The molecule has 0 saturated heterocycles. The zero-order chi connectivity index (χ0) is 15.2. The fourth-order valence-corrected chi connectivity index (χ4v) is 2.06. The number of anilines is 1. The van der Waals surface area contributed by atoms with Crippen molar-refractivity contribution in [3.05, 3.63) is 54.0 Å². The molecular weight excluding hydrogens is 282 g/mol. The summed E-state index contributed by atoms with van der Waals surface area (Å²) in [6.07, 6.45) is 3.14. The van der Waals surface area contributed by atoms with E-state index in [2.05, 4.69) is 43.2 Å². The van der Waals surface area contributed by atoms with Crippen LogP contribution in [0.1, 0.15) is 11.3 Å². The lowest BCUT2D eigenvalue weighted by Crippen LogP contribution is -2.19. The number of rotatable bonds is 6. The zero-order valence-electron chi connectivity index (χ0n) is 11.8. The van der Waals surface area contributed by atoms with Crippen LogP contribution < -0.4 is 5.32 Å². The Kier molecular flexibility index (Phi) is 4.19. The lowest BCUT2D eigenvalue weighted by molar-refractivity contribution is -0.116. The number of aryl methyl sites for hydroxylation is 2. The molecule has 112 valence electrons. The van der Waals surface area contributed by atoms with Crippen LogP contribution in [0.25, 0.3) is 0 Å². The Bertz CT molecular complexity index is 721. The summed E-state index contributed by atoms with van der Waals surface area (Å²) in [6, 6.07) is 12.1. The van der Waals surface area contributed by atoms with Gasteiger partial charge in [-0.25, -0.2) is 4.68 Å². The van der Waals surface area contributed by atoms with Crippen LogP contribution >= 0.6 is 0 Å². The highest BCUT2D eigenvalue weighted by molar-refractivity contribution is 5.89. The number of aromatic nitrogens is 6. The van der Waals surface area contributed by atoms with Crippen molar-refractivity contribution in [3.63, 3.8) is 0 Å². The number of nitrogens with one attached hydrogen (secondary N) is 2. The molecule has 3 aromatic rings. The van der Waals surface area contributed by atoms with Crippen molar-refractivity contribution in [1.29, 1.82) is 0 Å². The average molecular weight is 297 g/mol. The summed E-state index contributed by atoms with van der Waals surface area (Å²) in [5.74, 6) is 0.273. The van der Waals surface area contributed by atoms with Gasteiger partial charge < -0.3 is 5.32 Å². The van der Waals surface area contributed by atoms with Crippen LogP contribution in [0.2, 0.25) is 0 Å². The summed E-state index contributed by atoms with van der Waals surface area (Å²) in [6.45, 7) is 0.0548. The van der Waals surface area contributed by atoms with E-state index in [1.54, 1.807) is 0 Å². The monoisotopic (exact) mass is 297 g/mol. The molecule has 0 atom stereocenters. The Morgan fingerprint density at radius 2 is 2.09 bits per heavy atom. The van der Waals surface area contributed by atoms with Gasteiger partial charge in [-0.3, -0.25) is 9.89 Å². The second-order valence-corrected chi connectivity index (χ2v) is 4.82. The Morgan fingerprint density at radius 3 is 2.86 bits per heavy atom. The quantitative estimate of drug-likeness (QED) is 0.701. The highest BCUT2D eigenvalue weighted by Gasteiger charge is 2.07. The van der Waals surface area contributed by atoms with E-state index in [1.807, 2.05) is 24.3 Å². The van der Waals surface area contributed by atoms with E-state index in [0.717, 1.165) is 18.5 Å². The molecule has 0 saturated carbocycles. The summed E-state index contributed by atoms with van der Waals surface area (Å²) in [5.41, 5.74) is 2.24. The molecule has 0 bridgehead atoms. The van der Waals surface area contributed by atoms with Gasteiger partial charge in [-0.15, -0.1) is 5.10 Å². The van der Waals surface area contributed by atoms with Crippen molar-refractivity contribution < 1.29 is 4.79 Å². The van der Waals surface area contributed by atoms with Crippen LogP contribution in [-0.4, -0.2) is 36.3 Å². The van der Waals surface area contributed by atoms with Crippen molar-refractivity contribution in [2.75, 3.05) is 5.32 Å². The minimum absolute atomic E-state index is 0.0548. The molecule has 8 heteroatoms. The molecule has 1 amide bonds. The van der Waals surface area contributed by atoms with E-state index in [4.69, 9.17) is 0 Å². The number of nitrogens with zero attached hydrogens (tertiary/aromatic N) is 5. The number of carbonyl (C=O) groups excluding carboxylic acids is 1. The molecule has 0 aliphatic heterocycles. The maximum absolute atomic E-state index is 11.8. The smallest absolute Gasteiger partial charge is 0.247 e. The fraction of sp³-hybridized carbons (Fsp3) is 0.214. The van der Waals surface area contributed by atoms with Crippen molar-refractivity contribution in [2.24, 2.45) is 0 Å². The van der Waals surface area contributed by atoms with Gasteiger partial charge >= 0.3 is 0 Å². The highest BCUT2D eigenvalue weighted by Crippen LogP contribution is 2.09. The maximum Gasteiger partial charge on any atom is 0.247 e. The standard InChI is InChI=1S/C14H15N7O/c22-14(9-21-10-15-19-20-21)16-13-8-12(17-18-13)7-6-11-4-2-1-3-5-11/h1-5,8,10H,6-7,9H2,(H2,16,17,18,22). The lowest BCUT2D eigenvalue weighted by Gasteiger charge is -2.00.